The summed E-state index contributed by atoms with van der Waals surface area (Å²) in [7, 11) is 0. The van der Waals surface area contributed by atoms with Gasteiger partial charge in [0.15, 0.2) is 5.65 Å². The molecule has 3 nitrogen and oxygen atoms in total. The van der Waals surface area contributed by atoms with Crippen molar-refractivity contribution in [3.05, 3.63) is 22.6 Å². The second-order valence-electron chi connectivity index (χ2n) is 4.63. The molecule has 0 aliphatic heterocycles. The molecule has 2 heterocycles. The maximum absolute atomic E-state index is 5.88. The summed E-state index contributed by atoms with van der Waals surface area (Å²) in [6.07, 6.45) is 4.74. The van der Waals surface area contributed by atoms with E-state index in [0.29, 0.717) is 11.8 Å². The van der Waals surface area contributed by atoms with Gasteiger partial charge in [0.25, 0.3) is 0 Å². The monoisotopic (exact) mass is 361 g/mol. The number of nitrogens with zero attached hydrogens (tertiary/aromatic N) is 3. The highest BCUT2D eigenvalue weighted by molar-refractivity contribution is 9.10. The van der Waals surface area contributed by atoms with Crippen LogP contribution in [0.2, 0.25) is 0 Å². The first-order valence-electron chi connectivity index (χ1n) is 6.21. The van der Waals surface area contributed by atoms with E-state index >= 15 is 0 Å². The molecular formula is C13H17BrClN3S. The molecule has 0 aromatic carbocycles. The van der Waals surface area contributed by atoms with E-state index in [4.69, 9.17) is 11.6 Å². The molecule has 0 spiro atoms. The van der Waals surface area contributed by atoms with Gasteiger partial charge in [-0.1, -0.05) is 6.92 Å². The van der Waals surface area contributed by atoms with Crippen molar-refractivity contribution in [1.29, 1.82) is 0 Å². The molecule has 0 aliphatic rings. The van der Waals surface area contributed by atoms with Gasteiger partial charge in [0.1, 0.15) is 11.3 Å². The molecule has 1 unspecified atom stereocenters. The summed E-state index contributed by atoms with van der Waals surface area (Å²) in [6, 6.07) is 2.01. The second kappa shape index (κ2) is 6.95. The fourth-order valence-corrected chi connectivity index (χ4v) is 3.31. The molecule has 2 aromatic rings. The molecule has 1 atom stereocenters. The highest BCUT2D eigenvalue weighted by Crippen LogP contribution is 2.21. The quantitative estimate of drug-likeness (QED) is 0.728. The van der Waals surface area contributed by atoms with Crippen LogP contribution in [0.1, 0.15) is 12.7 Å². The van der Waals surface area contributed by atoms with Crippen molar-refractivity contribution in [3.8, 4) is 0 Å². The summed E-state index contributed by atoms with van der Waals surface area (Å²) in [5.74, 6) is 3.34. The van der Waals surface area contributed by atoms with E-state index in [1.165, 1.54) is 0 Å². The molecule has 0 bridgehead atoms. The molecule has 0 saturated heterocycles. The van der Waals surface area contributed by atoms with Crippen molar-refractivity contribution >= 4 is 50.5 Å². The predicted octanol–water partition coefficient (Wildman–Crippen LogP) is 3.97. The Balaban J connectivity index is 2.39. The third kappa shape index (κ3) is 3.64. The topological polar surface area (TPSA) is 30.7 Å². The van der Waals surface area contributed by atoms with Crippen LogP contribution in [0.15, 0.2) is 16.7 Å². The highest BCUT2D eigenvalue weighted by Gasteiger charge is 2.14. The number of hydrogen-bond donors (Lipinski definition) is 0. The zero-order chi connectivity index (χ0) is 13.8. The van der Waals surface area contributed by atoms with E-state index < -0.39 is 0 Å². The Bertz CT molecular complexity index is 558. The van der Waals surface area contributed by atoms with E-state index in [1.807, 2.05) is 24.0 Å². The first-order valence-corrected chi connectivity index (χ1v) is 8.93. The maximum atomic E-state index is 5.88. The molecule has 19 heavy (non-hydrogen) atoms. The van der Waals surface area contributed by atoms with Gasteiger partial charge in [-0.25, -0.2) is 9.97 Å². The number of imidazole rings is 1. The molecule has 0 fully saturated rings. The Morgan fingerprint density at radius 1 is 1.53 bits per heavy atom. The summed E-state index contributed by atoms with van der Waals surface area (Å²) in [4.78, 5) is 9.16. The zero-order valence-electron chi connectivity index (χ0n) is 11.1. The van der Waals surface area contributed by atoms with E-state index in [9.17, 15) is 0 Å². The summed E-state index contributed by atoms with van der Waals surface area (Å²) >= 11 is 11.2. The number of thioether (sulfide) groups is 1. The Kier molecular flexibility index (Phi) is 5.54. The molecule has 2 rings (SSSR count). The van der Waals surface area contributed by atoms with E-state index in [2.05, 4.69) is 43.6 Å². The van der Waals surface area contributed by atoms with Crippen LogP contribution in [0, 0.1) is 5.92 Å². The van der Waals surface area contributed by atoms with Crippen LogP contribution in [-0.4, -0.2) is 32.4 Å². The second-order valence-corrected chi connectivity index (χ2v) is 6.84. The number of pyridine rings is 1. The first-order chi connectivity index (χ1) is 9.15. The van der Waals surface area contributed by atoms with Gasteiger partial charge in [0.2, 0.25) is 0 Å². The summed E-state index contributed by atoms with van der Waals surface area (Å²) in [5.41, 5.74) is 1.89. The van der Waals surface area contributed by atoms with Gasteiger partial charge in [-0.05, 0) is 39.9 Å². The van der Waals surface area contributed by atoms with Crippen LogP contribution in [0.4, 0.5) is 0 Å². The number of fused-ring (bicyclic) bond motifs is 1. The van der Waals surface area contributed by atoms with Crippen LogP contribution in [0.3, 0.4) is 0 Å². The molecular weight excluding hydrogens is 346 g/mol. The number of alkyl halides is 1. The van der Waals surface area contributed by atoms with Crippen molar-refractivity contribution in [1.82, 2.24) is 14.5 Å². The number of halogens is 2. The van der Waals surface area contributed by atoms with Crippen molar-refractivity contribution in [2.75, 3.05) is 17.9 Å². The van der Waals surface area contributed by atoms with Crippen molar-refractivity contribution < 1.29 is 0 Å². The van der Waals surface area contributed by atoms with Gasteiger partial charge >= 0.3 is 0 Å². The molecule has 2 aromatic heterocycles. The minimum Gasteiger partial charge on any atom is -0.312 e. The molecule has 0 saturated carbocycles. The van der Waals surface area contributed by atoms with E-state index in [-0.39, 0.29) is 0 Å². The van der Waals surface area contributed by atoms with Gasteiger partial charge < -0.3 is 4.57 Å². The minimum atomic E-state index is 0.585. The largest absolute Gasteiger partial charge is 0.312 e. The SMILES string of the molecule is CSCC(C)Cn1c(CCCl)nc2cc(Br)cnc21. The normalized spacial score (nSPS) is 13.1. The van der Waals surface area contributed by atoms with Crippen molar-refractivity contribution in [2.24, 2.45) is 5.92 Å². The Morgan fingerprint density at radius 3 is 3.00 bits per heavy atom. The van der Waals surface area contributed by atoms with Crippen LogP contribution in [0.25, 0.3) is 11.2 Å². The summed E-state index contributed by atoms with van der Waals surface area (Å²) in [5, 5.41) is 0. The van der Waals surface area contributed by atoms with E-state index in [1.54, 1.807) is 0 Å². The Hall–Kier alpha value is -0.260. The number of aryl methyl sites for hydroxylation is 1. The fourth-order valence-electron chi connectivity index (χ4n) is 2.15. The average molecular weight is 363 g/mol. The van der Waals surface area contributed by atoms with Crippen LogP contribution in [0.5, 0.6) is 0 Å². The lowest BCUT2D eigenvalue weighted by Crippen LogP contribution is -2.13. The van der Waals surface area contributed by atoms with Gasteiger partial charge in [0.05, 0.1) is 0 Å². The van der Waals surface area contributed by atoms with Crippen molar-refractivity contribution in [2.45, 2.75) is 19.9 Å². The zero-order valence-corrected chi connectivity index (χ0v) is 14.2. The van der Waals surface area contributed by atoms with Crippen LogP contribution in [-0.2, 0) is 13.0 Å². The lowest BCUT2D eigenvalue weighted by Gasteiger charge is -2.13. The first kappa shape index (κ1) is 15.1. The summed E-state index contributed by atoms with van der Waals surface area (Å²) in [6.45, 7) is 3.20. The van der Waals surface area contributed by atoms with Gasteiger partial charge in [0, 0.05) is 29.5 Å². The highest BCUT2D eigenvalue weighted by atomic mass is 79.9. The van der Waals surface area contributed by atoms with Crippen molar-refractivity contribution in [3.63, 3.8) is 0 Å². The van der Waals surface area contributed by atoms with Gasteiger partial charge in [-0.2, -0.15) is 11.8 Å². The molecule has 0 N–H and O–H groups in total. The smallest absolute Gasteiger partial charge is 0.160 e. The Labute approximate surface area is 131 Å². The standard InChI is InChI=1S/C13H17BrClN3S/c1-9(8-19-2)7-18-12(3-4-15)17-11-5-10(14)6-16-13(11)18/h5-6,9H,3-4,7-8H2,1-2H3. The molecule has 104 valence electrons. The lowest BCUT2D eigenvalue weighted by atomic mass is 10.2. The van der Waals surface area contributed by atoms with Gasteiger partial charge in [-0.3, -0.25) is 0 Å². The number of hydrogen-bond acceptors (Lipinski definition) is 3. The fraction of sp³-hybridized carbons (Fsp3) is 0.538. The maximum Gasteiger partial charge on any atom is 0.160 e. The van der Waals surface area contributed by atoms with Gasteiger partial charge in [-0.15, -0.1) is 11.6 Å². The van der Waals surface area contributed by atoms with E-state index in [0.717, 1.165) is 40.2 Å². The molecule has 6 heteroatoms. The molecule has 0 amide bonds. The number of aromatic nitrogens is 3. The van der Waals surface area contributed by atoms with Crippen LogP contribution < -0.4 is 0 Å². The molecule has 0 radical (unpaired) electrons. The Morgan fingerprint density at radius 2 is 2.32 bits per heavy atom. The third-order valence-corrected chi connectivity index (χ3v) is 4.42. The average Bonchev–Trinajstić information content (AvgIpc) is 2.67. The number of rotatable bonds is 6. The van der Waals surface area contributed by atoms with Crippen LogP contribution >= 0.6 is 39.3 Å². The lowest BCUT2D eigenvalue weighted by molar-refractivity contribution is 0.524. The summed E-state index contributed by atoms with van der Waals surface area (Å²) < 4.78 is 3.17. The predicted molar refractivity (Wildman–Crippen MR) is 87.2 cm³/mol. The minimum absolute atomic E-state index is 0.585. The third-order valence-electron chi connectivity index (χ3n) is 2.89. The molecule has 0 aliphatic carbocycles.